The van der Waals surface area contributed by atoms with Crippen molar-refractivity contribution in [1.29, 1.82) is 0 Å². The fraction of sp³-hybridized carbons (Fsp3) is 0.286. The highest BCUT2D eigenvalue weighted by Gasteiger charge is 2.14. The Kier molecular flexibility index (Phi) is 4.99. The van der Waals surface area contributed by atoms with E-state index in [2.05, 4.69) is 37.9 Å². The van der Waals surface area contributed by atoms with Crippen LogP contribution in [0.5, 0.6) is 11.5 Å². The van der Waals surface area contributed by atoms with E-state index in [0.717, 1.165) is 21.5 Å². The number of hydrogen-bond acceptors (Lipinski definition) is 5. The van der Waals surface area contributed by atoms with Crippen LogP contribution in [-0.2, 0) is 0 Å². The minimum atomic E-state index is 0.608. The van der Waals surface area contributed by atoms with Crippen molar-refractivity contribution >= 4 is 28.4 Å². The van der Waals surface area contributed by atoms with Gasteiger partial charge in [-0.05, 0) is 41.6 Å². The van der Waals surface area contributed by atoms with Gasteiger partial charge in [0.2, 0.25) is 0 Å². The highest BCUT2D eigenvalue weighted by molar-refractivity contribution is 14.1. The van der Waals surface area contributed by atoms with Gasteiger partial charge in [0.1, 0.15) is 5.82 Å². The van der Waals surface area contributed by atoms with Gasteiger partial charge in [-0.15, -0.1) is 0 Å². The van der Waals surface area contributed by atoms with Gasteiger partial charge in [-0.2, -0.15) is 0 Å². The second-order valence-electron chi connectivity index (χ2n) is 3.96. The number of rotatable bonds is 5. The number of anilines is 1. The Hall–Kier alpha value is -1.57. The third-order valence-electron chi connectivity index (χ3n) is 2.73. The van der Waals surface area contributed by atoms with Crippen LogP contribution in [0.2, 0.25) is 0 Å². The first-order chi connectivity index (χ1) is 9.71. The molecule has 106 valence electrons. The smallest absolute Gasteiger partial charge is 0.171 e. The highest BCUT2D eigenvalue weighted by atomic mass is 127. The minimum Gasteiger partial charge on any atom is -0.493 e. The molecule has 1 N–H and O–H groups in total. The van der Waals surface area contributed by atoms with E-state index in [1.54, 1.807) is 20.4 Å². The summed E-state index contributed by atoms with van der Waals surface area (Å²) in [5.41, 5.74) is 0.808. The van der Waals surface area contributed by atoms with Crippen molar-refractivity contribution in [1.82, 2.24) is 9.97 Å². The van der Waals surface area contributed by atoms with E-state index in [4.69, 9.17) is 9.47 Å². The molecule has 20 heavy (non-hydrogen) atoms. The number of para-hydroxylation sites is 1. The van der Waals surface area contributed by atoms with E-state index in [9.17, 15) is 0 Å². The Bertz CT molecular complexity index is 605. The fourth-order valence-electron chi connectivity index (χ4n) is 1.85. The molecule has 0 radical (unpaired) electrons. The summed E-state index contributed by atoms with van der Waals surface area (Å²) in [4.78, 5) is 8.93. The largest absolute Gasteiger partial charge is 0.493 e. The molecule has 0 saturated carbocycles. The first-order valence-corrected chi connectivity index (χ1v) is 7.26. The standard InChI is InChI=1S/C14H16IN3O2/c1-4-16-14-10(15)8-17-13(18-14)9-6-5-7-11(19-2)12(9)20-3/h5-8H,4H2,1-3H3,(H,16,17,18). The van der Waals surface area contributed by atoms with Crippen molar-refractivity contribution in [2.24, 2.45) is 0 Å². The molecule has 5 nitrogen and oxygen atoms in total. The maximum Gasteiger partial charge on any atom is 0.171 e. The van der Waals surface area contributed by atoms with Crippen molar-refractivity contribution in [3.63, 3.8) is 0 Å². The zero-order valence-corrected chi connectivity index (χ0v) is 13.8. The lowest BCUT2D eigenvalue weighted by atomic mass is 10.1. The SMILES string of the molecule is CCNc1nc(-c2cccc(OC)c2OC)ncc1I. The summed E-state index contributed by atoms with van der Waals surface area (Å²) in [5, 5.41) is 3.22. The van der Waals surface area contributed by atoms with Crippen LogP contribution in [0.4, 0.5) is 5.82 Å². The quantitative estimate of drug-likeness (QED) is 0.802. The molecule has 2 rings (SSSR count). The van der Waals surface area contributed by atoms with Gasteiger partial charge in [0, 0.05) is 12.7 Å². The summed E-state index contributed by atoms with van der Waals surface area (Å²) in [5.74, 6) is 2.73. The maximum atomic E-state index is 5.42. The van der Waals surface area contributed by atoms with Crippen LogP contribution >= 0.6 is 22.6 Å². The minimum absolute atomic E-state index is 0.608. The van der Waals surface area contributed by atoms with Gasteiger partial charge in [0.15, 0.2) is 17.3 Å². The van der Waals surface area contributed by atoms with E-state index in [1.807, 2.05) is 25.1 Å². The molecule has 1 aromatic heterocycles. The lowest BCUT2D eigenvalue weighted by molar-refractivity contribution is 0.356. The van der Waals surface area contributed by atoms with Crippen LogP contribution in [0.15, 0.2) is 24.4 Å². The summed E-state index contributed by atoms with van der Waals surface area (Å²) in [6.45, 7) is 2.84. The third-order valence-corrected chi connectivity index (χ3v) is 3.52. The molecular formula is C14H16IN3O2. The molecule has 2 aromatic rings. The molecule has 0 bridgehead atoms. The van der Waals surface area contributed by atoms with Gasteiger partial charge in [-0.1, -0.05) is 6.07 Å². The highest BCUT2D eigenvalue weighted by Crippen LogP contribution is 2.36. The van der Waals surface area contributed by atoms with E-state index < -0.39 is 0 Å². The first-order valence-electron chi connectivity index (χ1n) is 6.19. The van der Waals surface area contributed by atoms with Crippen molar-refractivity contribution in [2.75, 3.05) is 26.1 Å². The summed E-state index contributed by atoms with van der Waals surface area (Å²) in [7, 11) is 3.22. The predicted molar refractivity (Wildman–Crippen MR) is 87.5 cm³/mol. The van der Waals surface area contributed by atoms with Gasteiger partial charge in [0.25, 0.3) is 0 Å². The summed E-state index contributed by atoms with van der Waals surface area (Å²) < 4.78 is 11.7. The average Bonchev–Trinajstić information content (AvgIpc) is 2.48. The molecule has 0 aliphatic heterocycles. The summed E-state index contributed by atoms with van der Waals surface area (Å²) >= 11 is 2.21. The van der Waals surface area contributed by atoms with Gasteiger partial charge >= 0.3 is 0 Å². The predicted octanol–water partition coefficient (Wildman–Crippen LogP) is 3.20. The number of aromatic nitrogens is 2. The van der Waals surface area contributed by atoms with Crippen molar-refractivity contribution in [3.05, 3.63) is 28.0 Å². The Morgan fingerprint density at radius 3 is 2.70 bits per heavy atom. The van der Waals surface area contributed by atoms with Crippen LogP contribution < -0.4 is 14.8 Å². The number of ether oxygens (including phenoxy) is 2. The third kappa shape index (κ3) is 2.95. The van der Waals surface area contributed by atoms with Gasteiger partial charge in [-0.25, -0.2) is 9.97 Å². The zero-order valence-electron chi connectivity index (χ0n) is 11.6. The number of hydrogen-bond donors (Lipinski definition) is 1. The lowest BCUT2D eigenvalue weighted by Gasteiger charge is -2.12. The molecule has 1 heterocycles. The Balaban J connectivity index is 2.53. The van der Waals surface area contributed by atoms with Crippen LogP contribution in [0.1, 0.15) is 6.92 Å². The molecule has 1 aromatic carbocycles. The topological polar surface area (TPSA) is 56.3 Å². The lowest BCUT2D eigenvalue weighted by Crippen LogP contribution is -2.04. The second-order valence-corrected chi connectivity index (χ2v) is 5.12. The molecular weight excluding hydrogens is 369 g/mol. The number of halogens is 1. The number of methoxy groups -OCH3 is 2. The van der Waals surface area contributed by atoms with Gasteiger partial charge in [0.05, 0.1) is 23.4 Å². The molecule has 0 saturated heterocycles. The first kappa shape index (κ1) is 14.8. The summed E-state index contributed by atoms with van der Waals surface area (Å²) in [6, 6.07) is 5.66. The van der Waals surface area contributed by atoms with Gasteiger partial charge in [-0.3, -0.25) is 0 Å². The summed E-state index contributed by atoms with van der Waals surface area (Å²) in [6.07, 6.45) is 1.79. The van der Waals surface area contributed by atoms with Crippen molar-refractivity contribution in [2.45, 2.75) is 6.92 Å². The van der Waals surface area contributed by atoms with Gasteiger partial charge < -0.3 is 14.8 Å². The monoisotopic (exact) mass is 385 g/mol. The van der Waals surface area contributed by atoms with Crippen LogP contribution in [0.25, 0.3) is 11.4 Å². The zero-order chi connectivity index (χ0) is 14.5. The van der Waals surface area contributed by atoms with Crippen LogP contribution in [0.3, 0.4) is 0 Å². The molecule has 0 aliphatic rings. The molecule has 0 unspecified atom stereocenters. The molecule has 0 atom stereocenters. The molecule has 0 fully saturated rings. The number of nitrogens with zero attached hydrogens (tertiary/aromatic N) is 2. The van der Waals surface area contributed by atoms with E-state index in [0.29, 0.717) is 17.3 Å². The normalized spacial score (nSPS) is 10.2. The van der Waals surface area contributed by atoms with E-state index >= 15 is 0 Å². The maximum absolute atomic E-state index is 5.42. The van der Waals surface area contributed by atoms with E-state index in [-0.39, 0.29) is 0 Å². The second kappa shape index (κ2) is 6.74. The Morgan fingerprint density at radius 2 is 2.05 bits per heavy atom. The number of benzene rings is 1. The molecule has 0 spiro atoms. The molecule has 0 aliphatic carbocycles. The Morgan fingerprint density at radius 1 is 1.25 bits per heavy atom. The average molecular weight is 385 g/mol. The van der Waals surface area contributed by atoms with Crippen LogP contribution in [-0.4, -0.2) is 30.7 Å². The van der Waals surface area contributed by atoms with Crippen molar-refractivity contribution < 1.29 is 9.47 Å². The number of nitrogens with one attached hydrogen (secondary N) is 1. The fourth-order valence-corrected chi connectivity index (χ4v) is 2.30. The Labute approximate surface area is 131 Å². The van der Waals surface area contributed by atoms with E-state index in [1.165, 1.54) is 0 Å². The van der Waals surface area contributed by atoms with Crippen LogP contribution in [0, 0.1) is 3.57 Å². The molecule has 6 heteroatoms. The molecule has 0 amide bonds. The van der Waals surface area contributed by atoms with Crippen molar-refractivity contribution in [3.8, 4) is 22.9 Å².